The van der Waals surface area contributed by atoms with Crippen LogP contribution < -0.4 is 4.74 Å². The summed E-state index contributed by atoms with van der Waals surface area (Å²) < 4.78 is 10.9. The molecule has 0 radical (unpaired) electrons. The zero-order valence-corrected chi connectivity index (χ0v) is 12.0. The highest BCUT2D eigenvalue weighted by molar-refractivity contribution is 5.81. The Kier molecular flexibility index (Phi) is 4.98. The lowest BCUT2D eigenvalue weighted by Crippen LogP contribution is -2.46. The summed E-state index contributed by atoms with van der Waals surface area (Å²) in [7, 11) is 0. The number of aliphatic hydroxyl groups is 1. The zero-order chi connectivity index (χ0) is 14.5. The maximum absolute atomic E-state index is 12.3. The van der Waals surface area contributed by atoms with E-state index in [1.54, 1.807) is 17.9 Å². The molecule has 0 spiro atoms. The normalized spacial score (nSPS) is 16.9. The summed E-state index contributed by atoms with van der Waals surface area (Å²) in [5.74, 6) is 0.518. The van der Waals surface area contributed by atoms with Gasteiger partial charge in [0, 0.05) is 18.7 Å². The van der Waals surface area contributed by atoms with Crippen LogP contribution in [0.1, 0.15) is 18.1 Å². The maximum Gasteiger partial charge on any atom is 0.263 e. The second kappa shape index (κ2) is 6.72. The molecule has 1 aromatic carbocycles. The number of carbonyl (C=O) groups excluding carboxylic acids is 1. The van der Waals surface area contributed by atoms with Crippen molar-refractivity contribution in [1.29, 1.82) is 0 Å². The van der Waals surface area contributed by atoms with Crippen LogP contribution in [0, 0.1) is 6.92 Å². The molecule has 0 bridgehead atoms. The molecule has 0 aromatic heterocycles. The minimum atomic E-state index is -0.568. The Labute approximate surface area is 119 Å². The quantitative estimate of drug-likeness (QED) is 0.897. The minimum absolute atomic E-state index is 0.0437. The molecule has 1 amide bonds. The van der Waals surface area contributed by atoms with Crippen LogP contribution in [0.25, 0.3) is 0 Å². The van der Waals surface area contributed by atoms with E-state index in [0.29, 0.717) is 37.6 Å². The third-order valence-corrected chi connectivity index (χ3v) is 3.36. The van der Waals surface area contributed by atoms with Gasteiger partial charge in [0.2, 0.25) is 0 Å². The van der Waals surface area contributed by atoms with Gasteiger partial charge in [0.05, 0.1) is 19.8 Å². The molecule has 1 N–H and O–H groups in total. The Hall–Kier alpha value is -1.59. The van der Waals surface area contributed by atoms with E-state index in [9.17, 15) is 9.90 Å². The highest BCUT2D eigenvalue weighted by atomic mass is 16.5. The van der Waals surface area contributed by atoms with Crippen LogP contribution in [-0.2, 0) is 16.1 Å². The first-order valence-electron chi connectivity index (χ1n) is 6.85. The fraction of sp³-hybridized carbons (Fsp3) is 0.533. The molecule has 2 rings (SSSR count). The van der Waals surface area contributed by atoms with Crippen molar-refractivity contribution < 1.29 is 19.4 Å². The number of carbonyl (C=O) groups is 1. The molecular formula is C15H21NO4. The van der Waals surface area contributed by atoms with E-state index in [-0.39, 0.29) is 12.5 Å². The molecule has 0 aliphatic carbocycles. The predicted molar refractivity (Wildman–Crippen MR) is 74.6 cm³/mol. The zero-order valence-electron chi connectivity index (χ0n) is 12.0. The third kappa shape index (κ3) is 3.49. The van der Waals surface area contributed by atoms with Crippen molar-refractivity contribution in [2.75, 3.05) is 26.3 Å². The lowest BCUT2D eigenvalue weighted by Gasteiger charge is -2.29. The first kappa shape index (κ1) is 14.8. The van der Waals surface area contributed by atoms with Crippen LogP contribution in [0.5, 0.6) is 5.75 Å². The molecule has 1 aliphatic heterocycles. The largest absolute Gasteiger partial charge is 0.481 e. The highest BCUT2D eigenvalue weighted by Gasteiger charge is 2.24. The minimum Gasteiger partial charge on any atom is -0.481 e. The van der Waals surface area contributed by atoms with Gasteiger partial charge in [-0.25, -0.2) is 0 Å². The van der Waals surface area contributed by atoms with Crippen LogP contribution in [0.15, 0.2) is 18.2 Å². The van der Waals surface area contributed by atoms with E-state index in [0.717, 1.165) is 5.56 Å². The number of ether oxygens (including phenoxy) is 2. The summed E-state index contributed by atoms with van der Waals surface area (Å²) >= 11 is 0. The third-order valence-electron chi connectivity index (χ3n) is 3.36. The fourth-order valence-corrected chi connectivity index (χ4v) is 2.23. The van der Waals surface area contributed by atoms with E-state index in [4.69, 9.17) is 9.47 Å². The van der Waals surface area contributed by atoms with Gasteiger partial charge in [0.15, 0.2) is 6.10 Å². The van der Waals surface area contributed by atoms with E-state index in [1.165, 1.54) is 0 Å². The average molecular weight is 279 g/mol. The van der Waals surface area contributed by atoms with Crippen molar-refractivity contribution in [3.05, 3.63) is 29.3 Å². The van der Waals surface area contributed by atoms with E-state index >= 15 is 0 Å². The topological polar surface area (TPSA) is 59.0 Å². The Morgan fingerprint density at radius 2 is 2.15 bits per heavy atom. The molecule has 1 fully saturated rings. The van der Waals surface area contributed by atoms with Gasteiger partial charge in [-0.05, 0) is 19.9 Å². The van der Waals surface area contributed by atoms with Crippen LogP contribution in [0.3, 0.4) is 0 Å². The maximum atomic E-state index is 12.3. The summed E-state index contributed by atoms with van der Waals surface area (Å²) in [6.07, 6.45) is -0.568. The summed E-state index contributed by atoms with van der Waals surface area (Å²) in [6.45, 7) is 5.94. The van der Waals surface area contributed by atoms with Gasteiger partial charge in [-0.1, -0.05) is 17.7 Å². The van der Waals surface area contributed by atoms with Gasteiger partial charge in [0.1, 0.15) is 5.75 Å². The second-order valence-corrected chi connectivity index (χ2v) is 4.97. The molecule has 0 saturated carbocycles. The summed E-state index contributed by atoms with van der Waals surface area (Å²) in [5.41, 5.74) is 1.75. The van der Waals surface area contributed by atoms with Crippen LogP contribution >= 0.6 is 0 Å². The number of benzene rings is 1. The predicted octanol–water partition coefficient (Wildman–Crippen LogP) is 1.11. The number of aryl methyl sites for hydroxylation is 1. The SMILES string of the molecule is Cc1ccc(OC(C)C(=O)N2CCOCC2)c(CO)c1. The number of hydrogen-bond acceptors (Lipinski definition) is 4. The molecular weight excluding hydrogens is 258 g/mol. The number of amides is 1. The summed E-state index contributed by atoms with van der Waals surface area (Å²) in [5, 5.41) is 9.35. The van der Waals surface area contributed by atoms with Crippen LogP contribution in [0.2, 0.25) is 0 Å². The number of rotatable bonds is 4. The molecule has 1 atom stereocenters. The van der Waals surface area contributed by atoms with Crippen molar-refractivity contribution >= 4 is 5.91 Å². The smallest absolute Gasteiger partial charge is 0.263 e. The first-order valence-corrected chi connectivity index (χ1v) is 6.85. The molecule has 5 nitrogen and oxygen atoms in total. The Balaban J connectivity index is 2.03. The lowest BCUT2D eigenvalue weighted by atomic mass is 10.1. The van der Waals surface area contributed by atoms with Gasteiger partial charge in [-0.15, -0.1) is 0 Å². The Morgan fingerprint density at radius 3 is 2.80 bits per heavy atom. The van der Waals surface area contributed by atoms with Crippen LogP contribution in [-0.4, -0.2) is 48.3 Å². The van der Waals surface area contributed by atoms with Crippen molar-refractivity contribution in [2.24, 2.45) is 0 Å². The Bertz CT molecular complexity index is 469. The molecule has 5 heteroatoms. The van der Waals surface area contributed by atoms with Gasteiger partial charge >= 0.3 is 0 Å². The van der Waals surface area contributed by atoms with Gasteiger partial charge in [0.25, 0.3) is 5.91 Å². The average Bonchev–Trinajstić information content (AvgIpc) is 2.49. The number of aliphatic hydroxyl groups excluding tert-OH is 1. The van der Waals surface area contributed by atoms with Gasteiger partial charge in [-0.3, -0.25) is 4.79 Å². The molecule has 110 valence electrons. The van der Waals surface area contributed by atoms with Crippen molar-refractivity contribution in [3.8, 4) is 5.75 Å². The molecule has 20 heavy (non-hydrogen) atoms. The number of morpholine rings is 1. The van der Waals surface area contributed by atoms with Gasteiger partial charge in [-0.2, -0.15) is 0 Å². The Morgan fingerprint density at radius 1 is 1.45 bits per heavy atom. The highest BCUT2D eigenvalue weighted by Crippen LogP contribution is 2.21. The summed E-state index contributed by atoms with van der Waals surface area (Å²) in [4.78, 5) is 14.0. The van der Waals surface area contributed by atoms with Crippen molar-refractivity contribution in [1.82, 2.24) is 4.90 Å². The number of nitrogens with zero attached hydrogens (tertiary/aromatic N) is 1. The van der Waals surface area contributed by atoms with Gasteiger partial charge < -0.3 is 19.5 Å². The fourth-order valence-electron chi connectivity index (χ4n) is 2.23. The molecule has 1 heterocycles. The van der Waals surface area contributed by atoms with E-state index in [2.05, 4.69) is 0 Å². The van der Waals surface area contributed by atoms with Crippen molar-refractivity contribution in [3.63, 3.8) is 0 Å². The number of hydrogen-bond donors (Lipinski definition) is 1. The molecule has 1 unspecified atom stereocenters. The molecule has 1 aliphatic rings. The van der Waals surface area contributed by atoms with E-state index < -0.39 is 6.10 Å². The standard InChI is InChI=1S/C15H21NO4/c1-11-3-4-14(13(9-11)10-17)20-12(2)15(18)16-5-7-19-8-6-16/h3-4,9,12,17H,5-8,10H2,1-2H3. The van der Waals surface area contributed by atoms with Crippen molar-refractivity contribution in [2.45, 2.75) is 26.6 Å². The van der Waals surface area contributed by atoms with E-state index in [1.807, 2.05) is 19.1 Å². The second-order valence-electron chi connectivity index (χ2n) is 4.97. The lowest BCUT2D eigenvalue weighted by molar-refractivity contribution is -0.142. The first-order chi connectivity index (χ1) is 9.61. The molecule has 1 aromatic rings. The molecule has 1 saturated heterocycles. The van der Waals surface area contributed by atoms with Crippen LogP contribution in [0.4, 0.5) is 0 Å². The summed E-state index contributed by atoms with van der Waals surface area (Å²) in [6, 6.07) is 5.56. The monoisotopic (exact) mass is 279 g/mol.